The molecule has 4 atom stereocenters. The van der Waals surface area contributed by atoms with Crippen molar-refractivity contribution in [3.05, 3.63) is 35.4 Å². The summed E-state index contributed by atoms with van der Waals surface area (Å²) in [6.07, 6.45) is 5.98. The molecule has 3 N–H and O–H groups in total. The first kappa shape index (κ1) is 28.4. The molecule has 6 nitrogen and oxygen atoms in total. The van der Waals surface area contributed by atoms with Gasteiger partial charge in [0.25, 0.3) is 0 Å². The highest BCUT2D eigenvalue weighted by molar-refractivity contribution is 5.92. The van der Waals surface area contributed by atoms with Crippen LogP contribution in [0.2, 0.25) is 0 Å². The van der Waals surface area contributed by atoms with E-state index < -0.39 is 12.0 Å². The molecule has 8 heteroatoms. The normalized spacial score (nSPS) is 27.2. The molecule has 1 aromatic carbocycles. The number of carbonyl (C=O) groups excluding carboxylic acids is 1. The van der Waals surface area contributed by atoms with Crippen molar-refractivity contribution in [2.75, 3.05) is 46.8 Å². The van der Waals surface area contributed by atoms with Crippen LogP contribution in [0.1, 0.15) is 79.6 Å². The largest absolute Gasteiger partial charge is 0.392 e. The number of nitrogens with zero attached hydrogens (tertiary/aromatic N) is 3. The maximum Gasteiger partial charge on any atom is 0.248 e. The van der Waals surface area contributed by atoms with Crippen molar-refractivity contribution >= 4 is 5.91 Å². The van der Waals surface area contributed by atoms with Gasteiger partial charge in [-0.3, -0.25) is 14.6 Å². The Balaban J connectivity index is 1.34. The summed E-state index contributed by atoms with van der Waals surface area (Å²) in [4.78, 5) is 18.7. The number of piperidine rings is 1. The minimum absolute atomic E-state index is 0.0106. The van der Waals surface area contributed by atoms with Gasteiger partial charge in [0.15, 0.2) is 0 Å². The Morgan fingerprint density at radius 2 is 1.81 bits per heavy atom. The molecule has 1 saturated carbocycles. The molecule has 0 radical (unpaired) electrons. The average Bonchev–Trinajstić information content (AvgIpc) is 3.08. The van der Waals surface area contributed by atoms with Gasteiger partial charge in [-0.25, -0.2) is 8.78 Å². The Morgan fingerprint density at radius 1 is 1.14 bits per heavy atom. The Kier molecular flexibility index (Phi) is 9.59. The zero-order chi connectivity index (χ0) is 26.6. The second-order valence-corrected chi connectivity index (χ2v) is 12.1. The molecule has 3 aliphatic rings. The molecule has 1 aromatic rings. The van der Waals surface area contributed by atoms with Crippen LogP contribution in [0.25, 0.3) is 0 Å². The van der Waals surface area contributed by atoms with Gasteiger partial charge in [-0.1, -0.05) is 12.1 Å². The van der Waals surface area contributed by atoms with E-state index in [0.717, 1.165) is 39.0 Å². The van der Waals surface area contributed by atoms with Crippen molar-refractivity contribution in [2.24, 2.45) is 11.7 Å². The number of nitrogens with two attached hydrogens (primary N) is 1. The van der Waals surface area contributed by atoms with Crippen molar-refractivity contribution in [3.8, 4) is 0 Å². The highest BCUT2D eigenvalue weighted by Gasteiger charge is 2.41. The van der Waals surface area contributed by atoms with Crippen molar-refractivity contribution < 1.29 is 18.7 Å². The Morgan fingerprint density at radius 3 is 2.43 bits per heavy atom. The number of alkyl halides is 2. The van der Waals surface area contributed by atoms with Gasteiger partial charge >= 0.3 is 0 Å². The van der Waals surface area contributed by atoms with E-state index in [9.17, 15) is 18.7 Å². The van der Waals surface area contributed by atoms with E-state index in [0.29, 0.717) is 49.4 Å². The molecule has 37 heavy (non-hydrogen) atoms. The molecule has 2 heterocycles. The van der Waals surface area contributed by atoms with Gasteiger partial charge in [-0.05, 0) is 88.6 Å². The number of aliphatic hydroxyl groups excluding tert-OH is 1. The highest BCUT2D eigenvalue weighted by atomic mass is 19.3. The Hall–Kier alpha value is -1.61. The van der Waals surface area contributed by atoms with E-state index in [1.165, 1.54) is 18.4 Å². The predicted octanol–water partition coefficient (Wildman–Crippen LogP) is 3.94. The minimum Gasteiger partial charge on any atom is -0.392 e. The Bertz CT molecular complexity index is 874. The van der Waals surface area contributed by atoms with E-state index in [1.807, 2.05) is 26.2 Å². The zero-order valence-electron chi connectivity index (χ0n) is 22.6. The van der Waals surface area contributed by atoms with Gasteiger partial charge < -0.3 is 15.7 Å². The molecule has 2 saturated heterocycles. The number of benzene rings is 1. The van der Waals surface area contributed by atoms with Crippen LogP contribution in [0.5, 0.6) is 0 Å². The number of fused-ring (bicyclic) bond motifs is 2. The Labute approximate surface area is 221 Å². The van der Waals surface area contributed by atoms with Crippen LogP contribution in [0.15, 0.2) is 24.3 Å². The fraction of sp³-hybridized carbons (Fsp3) is 0.759. The third-order valence-electron chi connectivity index (χ3n) is 8.93. The molecule has 208 valence electrons. The van der Waals surface area contributed by atoms with Crippen LogP contribution in [0, 0.1) is 5.92 Å². The predicted molar refractivity (Wildman–Crippen MR) is 143 cm³/mol. The van der Waals surface area contributed by atoms with Crippen LogP contribution in [-0.4, -0.2) is 96.6 Å². The fourth-order valence-corrected chi connectivity index (χ4v) is 6.82. The smallest absolute Gasteiger partial charge is 0.248 e. The minimum atomic E-state index is -2.51. The molecular formula is C29H46F2N4O2. The molecule has 2 bridgehead atoms. The lowest BCUT2D eigenvalue weighted by Gasteiger charge is -2.41. The molecule has 0 unspecified atom stereocenters. The van der Waals surface area contributed by atoms with E-state index in [2.05, 4.69) is 20.8 Å². The van der Waals surface area contributed by atoms with Gasteiger partial charge in [-0.15, -0.1) is 0 Å². The lowest BCUT2D eigenvalue weighted by molar-refractivity contribution is -0.0504. The van der Waals surface area contributed by atoms with Crippen molar-refractivity contribution in [1.29, 1.82) is 0 Å². The number of hydrogen-bond acceptors (Lipinski definition) is 5. The van der Waals surface area contributed by atoms with Gasteiger partial charge in [0.05, 0.1) is 6.10 Å². The van der Waals surface area contributed by atoms with Gasteiger partial charge in [0, 0.05) is 63.2 Å². The molecule has 1 amide bonds. The van der Waals surface area contributed by atoms with Gasteiger partial charge in [0.1, 0.15) is 0 Å². The maximum atomic E-state index is 13.7. The number of halogens is 2. The molecule has 0 aromatic heterocycles. The highest BCUT2D eigenvalue weighted by Crippen LogP contribution is 2.43. The molecule has 1 aliphatic carbocycles. The third-order valence-corrected chi connectivity index (χ3v) is 8.93. The molecule has 0 spiro atoms. The van der Waals surface area contributed by atoms with Crippen LogP contribution < -0.4 is 5.73 Å². The summed E-state index contributed by atoms with van der Waals surface area (Å²) in [7, 11) is 4.02. The van der Waals surface area contributed by atoms with E-state index in [4.69, 9.17) is 5.73 Å². The standard InChI is InChI=1S/C29H46F2N4O2/c1-33(2)13-10-27(36)20-34(19-21-8-11-29(30,31)12-9-21)14-15-35-25-6-7-26(35)18-24(17-25)22-4-3-5-23(16-22)28(32)37/h3-5,16,21,24-27,36H,6-15,17-20H2,1-2H3,(H2,32,37)/t24-,25+,26-,27-/m0/s1. The van der Waals surface area contributed by atoms with Crippen LogP contribution in [-0.2, 0) is 0 Å². The van der Waals surface area contributed by atoms with Crippen molar-refractivity contribution in [3.63, 3.8) is 0 Å². The molecule has 4 rings (SSSR count). The number of amides is 1. The molecular weight excluding hydrogens is 474 g/mol. The first-order chi connectivity index (χ1) is 17.6. The summed E-state index contributed by atoms with van der Waals surface area (Å²) in [6.45, 7) is 4.04. The number of carbonyl (C=O) groups is 1. The molecule has 2 aliphatic heterocycles. The van der Waals surface area contributed by atoms with Crippen molar-refractivity contribution in [1.82, 2.24) is 14.7 Å². The number of primary amides is 1. The number of hydrogen-bond donors (Lipinski definition) is 2. The lowest BCUT2D eigenvalue weighted by Crippen LogP contribution is -2.48. The third kappa shape index (κ3) is 7.94. The van der Waals surface area contributed by atoms with E-state index in [-0.39, 0.29) is 24.7 Å². The average molecular weight is 521 g/mol. The monoisotopic (exact) mass is 520 g/mol. The summed E-state index contributed by atoms with van der Waals surface area (Å²) >= 11 is 0. The second-order valence-electron chi connectivity index (χ2n) is 12.1. The summed E-state index contributed by atoms with van der Waals surface area (Å²) in [5.74, 6) is -2.16. The number of aliphatic hydroxyl groups is 1. The quantitative estimate of drug-likeness (QED) is 0.437. The maximum absolute atomic E-state index is 13.7. The van der Waals surface area contributed by atoms with Gasteiger partial charge in [-0.2, -0.15) is 0 Å². The summed E-state index contributed by atoms with van der Waals surface area (Å²) < 4.78 is 27.4. The number of rotatable bonds is 12. The van der Waals surface area contributed by atoms with Crippen LogP contribution in [0.4, 0.5) is 8.78 Å². The second kappa shape index (κ2) is 12.5. The molecule has 3 fully saturated rings. The van der Waals surface area contributed by atoms with E-state index >= 15 is 0 Å². The summed E-state index contributed by atoms with van der Waals surface area (Å²) in [5.41, 5.74) is 7.30. The van der Waals surface area contributed by atoms with Crippen LogP contribution in [0.3, 0.4) is 0 Å². The zero-order valence-corrected chi connectivity index (χ0v) is 22.6. The van der Waals surface area contributed by atoms with E-state index in [1.54, 1.807) is 6.07 Å². The topological polar surface area (TPSA) is 73.0 Å². The summed E-state index contributed by atoms with van der Waals surface area (Å²) in [6, 6.07) is 8.85. The van der Waals surface area contributed by atoms with Crippen LogP contribution >= 0.6 is 0 Å². The van der Waals surface area contributed by atoms with Crippen molar-refractivity contribution in [2.45, 2.75) is 87.8 Å². The SMILES string of the molecule is CN(C)CC[C@H](O)CN(CCN1[C@@H]2CC[C@H]1C[C@@H](c1cccc(C(N)=O)c1)C2)CC1CCC(F)(F)CC1. The first-order valence-electron chi connectivity index (χ1n) is 14.2. The first-order valence-corrected chi connectivity index (χ1v) is 14.2. The summed E-state index contributed by atoms with van der Waals surface area (Å²) in [5, 5.41) is 10.7. The fourth-order valence-electron chi connectivity index (χ4n) is 6.82. The van der Waals surface area contributed by atoms with Gasteiger partial charge in [0.2, 0.25) is 11.8 Å². The lowest BCUT2D eigenvalue weighted by atomic mass is 9.84.